The van der Waals surface area contributed by atoms with Crippen molar-refractivity contribution in [2.24, 2.45) is 5.92 Å². The molecule has 0 aromatic heterocycles. The molecule has 0 fully saturated rings. The maximum Gasteiger partial charge on any atom is 0.124 e. The van der Waals surface area contributed by atoms with Crippen molar-refractivity contribution in [2.75, 3.05) is 0 Å². The van der Waals surface area contributed by atoms with E-state index in [0.717, 1.165) is 12.8 Å². The van der Waals surface area contributed by atoms with Crippen LogP contribution in [-0.2, 0) is 9.59 Å². The van der Waals surface area contributed by atoms with Gasteiger partial charge in [-0.05, 0) is 12.8 Å². The van der Waals surface area contributed by atoms with Gasteiger partial charge in [-0.1, -0.05) is 46.2 Å². The molecule has 0 radical (unpaired) electrons. The van der Waals surface area contributed by atoms with Crippen LogP contribution in [-0.4, -0.2) is 27.0 Å². The zero-order chi connectivity index (χ0) is 13.9. The second-order valence-electron chi connectivity index (χ2n) is 7.08. The van der Waals surface area contributed by atoms with Crippen molar-refractivity contribution in [1.29, 1.82) is 0 Å². The predicted octanol–water partition coefficient (Wildman–Crippen LogP) is 3.69. The Morgan fingerprint density at radius 2 is 1.41 bits per heavy atom. The Bertz CT molecular complexity index is 285. The molecule has 0 saturated heterocycles. The molecule has 0 N–H and O–H groups in total. The molecule has 0 aromatic rings. The lowest BCUT2D eigenvalue weighted by molar-refractivity contribution is -0.116. The summed E-state index contributed by atoms with van der Waals surface area (Å²) in [7, 11) is -3.26. The molecular weight excluding hydrogens is 244 g/mol. The Kier molecular flexibility index (Phi) is 6.01. The fraction of sp³-hybridized carbons (Fsp3) is 0.846. The third-order valence-corrected chi connectivity index (χ3v) is 6.96. The molecular formula is C13H28O2Si2. The van der Waals surface area contributed by atoms with Gasteiger partial charge in [0, 0.05) is 12.3 Å². The highest BCUT2D eigenvalue weighted by atomic mass is 28.3. The molecule has 0 aliphatic heterocycles. The molecule has 2 nitrogen and oxygen atoms in total. The van der Waals surface area contributed by atoms with Gasteiger partial charge in [0.15, 0.2) is 0 Å². The van der Waals surface area contributed by atoms with Gasteiger partial charge in [0.1, 0.15) is 27.0 Å². The van der Waals surface area contributed by atoms with E-state index in [9.17, 15) is 9.59 Å². The lowest BCUT2D eigenvalue weighted by Crippen LogP contribution is -2.38. The first kappa shape index (κ1) is 16.8. The maximum atomic E-state index is 12.0. The van der Waals surface area contributed by atoms with Crippen LogP contribution >= 0.6 is 0 Å². The summed E-state index contributed by atoms with van der Waals surface area (Å²) < 4.78 is 0. The van der Waals surface area contributed by atoms with E-state index in [1.54, 1.807) is 0 Å². The van der Waals surface area contributed by atoms with Crippen molar-refractivity contribution < 1.29 is 9.59 Å². The summed E-state index contributed by atoms with van der Waals surface area (Å²) in [5, 5.41) is 0.878. The molecule has 0 spiro atoms. The SMILES string of the molecule is CC(CCCC(=O)[Si](C)(C)C)C(=O)[Si](C)(C)C. The zero-order valence-corrected chi connectivity index (χ0v) is 14.5. The number of carbonyl (C=O) groups is 2. The van der Waals surface area contributed by atoms with Gasteiger partial charge in [0.25, 0.3) is 0 Å². The average Bonchev–Trinajstić information content (AvgIpc) is 2.13. The summed E-state index contributed by atoms with van der Waals surface area (Å²) in [4.78, 5) is 23.8. The van der Waals surface area contributed by atoms with Gasteiger partial charge < -0.3 is 9.59 Å². The molecule has 0 aliphatic carbocycles. The van der Waals surface area contributed by atoms with Gasteiger partial charge in [-0.25, -0.2) is 0 Å². The minimum Gasteiger partial charge on any atom is -0.305 e. The first-order chi connectivity index (χ1) is 7.46. The minimum atomic E-state index is -1.65. The molecule has 0 aromatic carbocycles. The molecule has 1 unspecified atom stereocenters. The van der Waals surface area contributed by atoms with Crippen LogP contribution in [0.5, 0.6) is 0 Å². The lowest BCUT2D eigenvalue weighted by Gasteiger charge is -2.20. The van der Waals surface area contributed by atoms with Gasteiger partial charge in [0.05, 0.1) is 0 Å². The van der Waals surface area contributed by atoms with Crippen LogP contribution in [0.1, 0.15) is 26.2 Å². The normalized spacial score (nSPS) is 14.5. The fourth-order valence-corrected chi connectivity index (χ4v) is 4.36. The first-order valence-electron chi connectivity index (χ1n) is 6.54. The quantitative estimate of drug-likeness (QED) is 0.662. The number of rotatable bonds is 7. The van der Waals surface area contributed by atoms with E-state index in [4.69, 9.17) is 0 Å². The summed E-state index contributed by atoms with van der Waals surface area (Å²) in [5.41, 5.74) is 0. The zero-order valence-electron chi connectivity index (χ0n) is 12.5. The number of hydrogen-bond acceptors (Lipinski definition) is 2. The Hall–Kier alpha value is -0.226. The number of carbonyl (C=O) groups excluding carboxylic acids is 2. The van der Waals surface area contributed by atoms with Crippen LogP contribution in [0.4, 0.5) is 0 Å². The summed E-state index contributed by atoms with van der Waals surface area (Å²) >= 11 is 0. The topological polar surface area (TPSA) is 34.1 Å². The van der Waals surface area contributed by atoms with Crippen LogP contribution in [0.25, 0.3) is 0 Å². The number of hydrogen-bond donors (Lipinski definition) is 0. The largest absolute Gasteiger partial charge is 0.305 e. The van der Waals surface area contributed by atoms with Crippen molar-refractivity contribution in [2.45, 2.75) is 65.5 Å². The molecule has 1 atom stereocenters. The third-order valence-electron chi connectivity index (χ3n) is 3.06. The van der Waals surface area contributed by atoms with Gasteiger partial charge in [-0.15, -0.1) is 0 Å². The lowest BCUT2D eigenvalue weighted by atomic mass is 10.1. The highest BCUT2D eigenvalue weighted by Crippen LogP contribution is 2.17. The standard InChI is InChI=1S/C13H28O2Si2/c1-11(13(15)17(5,6)7)9-8-10-12(14)16(2,3)4/h11H,8-10H2,1-7H3. The van der Waals surface area contributed by atoms with E-state index in [0.29, 0.717) is 17.2 Å². The van der Waals surface area contributed by atoms with E-state index in [1.807, 2.05) is 6.92 Å². The third kappa shape index (κ3) is 6.31. The highest BCUT2D eigenvalue weighted by Gasteiger charge is 2.29. The van der Waals surface area contributed by atoms with Crippen molar-refractivity contribution in [1.82, 2.24) is 0 Å². The molecule has 0 bridgehead atoms. The fourth-order valence-electron chi connectivity index (χ4n) is 1.81. The highest BCUT2D eigenvalue weighted by molar-refractivity contribution is 7.04. The summed E-state index contributed by atoms with van der Waals surface area (Å²) in [6, 6.07) is 0. The molecule has 0 saturated carbocycles. The summed E-state index contributed by atoms with van der Waals surface area (Å²) in [6.45, 7) is 14.6. The van der Waals surface area contributed by atoms with Gasteiger partial charge in [0.2, 0.25) is 0 Å². The molecule has 100 valence electrons. The first-order valence-corrected chi connectivity index (χ1v) is 13.5. The van der Waals surface area contributed by atoms with Crippen LogP contribution < -0.4 is 0 Å². The molecule has 0 aliphatic rings. The van der Waals surface area contributed by atoms with Crippen LogP contribution in [0.15, 0.2) is 0 Å². The van der Waals surface area contributed by atoms with Crippen molar-refractivity contribution >= 4 is 27.0 Å². The molecule has 4 heteroatoms. The maximum absolute atomic E-state index is 12.0. The van der Waals surface area contributed by atoms with Gasteiger partial charge in [-0.2, -0.15) is 0 Å². The van der Waals surface area contributed by atoms with Crippen molar-refractivity contribution in [3.05, 3.63) is 0 Å². The second kappa shape index (κ2) is 6.09. The van der Waals surface area contributed by atoms with E-state index in [-0.39, 0.29) is 5.92 Å². The smallest absolute Gasteiger partial charge is 0.124 e. The van der Waals surface area contributed by atoms with E-state index in [1.165, 1.54) is 0 Å². The van der Waals surface area contributed by atoms with Gasteiger partial charge in [-0.3, -0.25) is 0 Å². The Morgan fingerprint density at radius 1 is 0.941 bits per heavy atom. The van der Waals surface area contributed by atoms with Gasteiger partial charge >= 0.3 is 0 Å². The van der Waals surface area contributed by atoms with Crippen molar-refractivity contribution in [3.63, 3.8) is 0 Å². The van der Waals surface area contributed by atoms with Crippen molar-refractivity contribution in [3.8, 4) is 0 Å². The minimum absolute atomic E-state index is 0.135. The van der Waals surface area contributed by atoms with E-state index < -0.39 is 16.1 Å². The average molecular weight is 273 g/mol. The van der Waals surface area contributed by atoms with Crippen LogP contribution in [0.2, 0.25) is 39.3 Å². The Morgan fingerprint density at radius 3 is 1.76 bits per heavy atom. The molecule has 17 heavy (non-hydrogen) atoms. The van der Waals surface area contributed by atoms with E-state index >= 15 is 0 Å². The Balaban J connectivity index is 4.08. The summed E-state index contributed by atoms with van der Waals surface area (Å²) in [6.07, 6.45) is 2.42. The van der Waals surface area contributed by atoms with E-state index in [2.05, 4.69) is 39.3 Å². The summed E-state index contributed by atoms with van der Waals surface area (Å²) in [5.74, 6) is 0.135. The monoisotopic (exact) mass is 272 g/mol. The molecule has 0 rings (SSSR count). The second-order valence-corrected chi connectivity index (χ2v) is 17.1. The van der Waals surface area contributed by atoms with Crippen LogP contribution in [0.3, 0.4) is 0 Å². The predicted molar refractivity (Wildman–Crippen MR) is 79.7 cm³/mol. The van der Waals surface area contributed by atoms with Crippen LogP contribution in [0, 0.1) is 5.92 Å². The Labute approximate surface area is 108 Å². The molecule has 0 heterocycles. The molecule has 0 amide bonds.